The van der Waals surface area contributed by atoms with Crippen molar-refractivity contribution in [1.29, 1.82) is 0 Å². The summed E-state index contributed by atoms with van der Waals surface area (Å²) in [6, 6.07) is 8.09. The number of nitrogens with zero attached hydrogens (tertiary/aromatic N) is 2. The second-order valence-electron chi connectivity index (χ2n) is 3.56. The van der Waals surface area contributed by atoms with E-state index in [4.69, 9.17) is 0 Å². The van der Waals surface area contributed by atoms with Crippen LogP contribution in [0.15, 0.2) is 30.5 Å². The number of aryl methyl sites for hydroxylation is 1. The summed E-state index contributed by atoms with van der Waals surface area (Å²) >= 11 is 0. The number of fused-ring (bicyclic) bond motifs is 1. The van der Waals surface area contributed by atoms with Crippen molar-refractivity contribution in [3.63, 3.8) is 0 Å². The van der Waals surface area contributed by atoms with Gasteiger partial charge in [-0.3, -0.25) is 4.68 Å². The average Bonchev–Trinajstić information content (AvgIpc) is 2.58. The van der Waals surface area contributed by atoms with E-state index in [0.29, 0.717) is 0 Å². The Labute approximate surface area is 83.0 Å². The summed E-state index contributed by atoms with van der Waals surface area (Å²) in [4.78, 5) is 0. The number of benzene rings is 1. The second-order valence-corrected chi connectivity index (χ2v) is 3.56. The molecule has 3 heteroatoms. The lowest BCUT2D eigenvalue weighted by atomic mass is 10.2. The lowest BCUT2D eigenvalue weighted by Crippen LogP contribution is -2.07. The zero-order valence-corrected chi connectivity index (χ0v) is 8.22. The quantitative estimate of drug-likeness (QED) is 0.801. The van der Waals surface area contributed by atoms with Crippen LogP contribution in [0.4, 0.5) is 0 Å². The van der Waals surface area contributed by atoms with Crippen LogP contribution in [0.5, 0.6) is 0 Å². The lowest BCUT2D eigenvalue weighted by Gasteiger charge is -2.05. The molecule has 1 atom stereocenters. The molecule has 0 aliphatic carbocycles. The van der Waals surface area contributed by atoms with Crippen LogP contribution in [-0.2, 0) is 6.54 Å². The van der Waals surface area contributed by atoms with Gasteiger partial charge in [0.1, 0.15) is 0 Å². The molecule has 0 aliphatic heterocycles. The number of aromatic nitrogens is 2. The normalized spacial score (nSPS) is 13.3. The van der Waals surface area contributed by atoms with Gasteiger partial charge in [0.15, 0.2) is 0 Å². The molecule has 1 aromatic carbocycles. The van der Waals surface area contributed by atoms with E-state index in [1.807, 2.05) is 35.1 Å². The zero-order valence-electron chi connectivity index (χ0n) is 8.22. The largest absolute Gasteiger partial charge is 0.393 e. The summed E-state index contributed by atoms with van der Waals surface area (Å²) in [6.07, 6.45) is 2.33. The lowest BCUT2D eigenvalue weighted by molar-refractivity contribution is 0.177. The van der Waals surface area contributed by atoms with Crippen molar-refractivity contribution >= 4 is 10.9 Å². The fourth-order valence-electron chi connectivity index (χ4n) is 1.51. The highest BCUT2D eigenvalue weighted by Gasteiger charge is 2.02. The van der Waals surface area contributed by atoms with Gasteiger partial charge in [0.25, 0.3) is 0 Å². The number of para-hydroxylation sites is 1. The van der Waals surface area contributed by atoms with Gasteiger partial charge in [-0.1, -0.05) is 18.2 Å². The molecule has 0 fully saturated rings. The number of hydrogen-bond donors (Lipinski definition) is 1. The van der Waals surface area contributed by atoms with Gasteiger partial charge in [-0.25, -0.2) is 0 Å². The highest BCUT2D eigenvalue weighted by atomic mass is 16.3. The SMILES string of the molecule is CC(O)CCn1ncc2ccccc21. The molecular formula is C11H14N2O. The fraction of sp³-hybridized carbons (Fsp3) is 0.364. The van der Waals surface area contributed by atoms with Crippen LogP contribution in [-0.4, -0.2) is 21.0 Å². The van der Waals surface area contributed by atoms with Gasteiger partial charge in [0.05, 0.1) is 17.8 Å². The minimum atomic E-state index is -0.266. The van der Waals surface area contributed by atoms with Crippen molar-refractivity contribution in [2.75, 3.05) is 0 Å². The van der Waals surface area contributed by atoms with Crippen LogP contribution < -0.4 is 0 Å². The number of rotatable bonds is 3. The first-order chi connectivity index (χ1) is 6.77. The minimum Gasteiger partial charge on any atom is -0.393 e. The first-order valence-electron chi connectivity index (χ1n) is 4.86. The first kappa shape index (κ1) is 9.21. The standard InChI is InChI=1S/C11H14N2O/c1-9(14)6-7-13-11-5-3-2-4-10(11)8-12-13/h2-5,8-9,14H,6-7H2,1H3. The number of hydrogen-bond acceptors (Lipinski definition) is 2. The third kappa shape index (κ3) is 1.77. The second kappa shape index (κ2) is 3.80. The summed E-state index contributed by atoms with van der Waals surface area (Å²) in [5.74, 6) is 0. The Bertz CT molecular complexity index is 420. The van der Waals surface area contributed by atoms with Gasteiger partial charge in [0, 0.05) is 11.9 Å². The van der Waals surface area contributed by atoms with Crippen LogP contribution in [0.3, 0.4) is 0 Å². The molecule has 2 aromatic rings. The molecule has 0 amide bonds. The third-order valence-corrected chi connectivity index (χ3v) is 2.31. The van der Waals surface area contributed by atoms with Gasteiger partial charge in [-0.05, 0) is 19.4 Å². The molecule has 0 radical (unpaired) electrons. The summed E-state index contributed by atoms with van der Waals surface area (Å²) in [5.41, 5.74) is 1.13. The molecule has 0 saturated heterocycles. The minimum absolute atomic E-state index is 0.266. The van der Waals surface area contributed by atoms with E-state index >= 15 is 0 Å². The predicted molar refractivity (Wildman–Crippen MR) is 56.0 cm³/mol. The Morgan fingerprint density at radius 1 is 1.43 bits per heavy atom. The van der Waals surface area contributed by atoms with E-state index in [9.17, 15) is 5.11 Å². The van der Waals surface area contributed by atoms with E-state index in [0.717, 1.165) is 23.9 Å². The molecule has 1 aromatic heterocycles. The molecule has 0 bridgehead atoms. The van der Waals surface area contributed by atoms with Crippen LogP contribution in [0.2, 0.25) is 0 Å². The van der Waals surface area contributed by atoms with E-state index in [2.05, 4.69) is 5.10 Å². The van der Waals surface area contributed by atoms with E-state index in [1.165, 1.54) is 0 Å². The zero-order chi connectivity index (χ0) is 9.97. The van der Waals surface area contributed by atoms with Crippen molar-refractivity contribution < 1.29 is 5.11 Å². The molecule has 1 N–H and O–H groups in total. The van der Waals surface area contributed by atoms with Gasteiger partial charge >= 0.3 is 0 Å². The molecule has 0 aliphatic rings. The van der Waals surface area contributed by atoms with Crippen molar-refractivity contribution in [2.45, 2.75) is 26.0 Å². The molecular weight excluding hydrogens is 176 g/mol. The van der Waals surface area contributed by atoms with E-state index in [1.54, 1.807) is 6.92 Å². The molecule has 14 heavy (non-hydrogen) atoms. The summed E-state index contributed by atoms with van der Waals surface area (Å²) < 4.78 is 1.93. The van der Waals surface area contributed by atoms with Crippen molar-refractivity contribution in [3.8, 4) is 0 Å². The molecule has 2 rings (SSSR count). The van der Waals surface area contributed by atoms with Crippen LogP contribution in [0.25, 0.3) is 10.9 Å². The topological polar surface area (TPSA) is 38.0 Å². The van der Waals surface area contributed by atoms with Crippen molar-refractivity contribution in [3.05, 3.63) is 30.5 Å². The van der Waals surface area contributed by atoms with Gasteiger partial charge < -0.3 is 5.11 Å². The summed E-state index contributed by atoms with van der Waals surface area (Å²) in [7, 11) is 0. The molecule has 3 nitrogen and oxygen atoms in total. The Morgan fingerprint density at radius 2 is 2.21 bits per heavy atom. The Kier molecular flexibility index (Phi) is 2.50. The van der Waals surface area contributed by atoms with Crippen LogP contribution in [0, 0.1) is 0 Å². The average molecular weight is 190 g/mol. The van der Waals surface area contributed by atoms with Gasteiger partial charge in [-0.15, -0.1) is 0 Å². The smallest absolute Gasteiger partial charge is 0.0682 e. The first-order valence-corrected chi connectivity index (χ1v) is 4.86. The molecule has 0 saturated carbocycles. The molecule has 1 heterocycles. The Balaban J connectivity index is 2.25. The Hall–Kier alpha value is -1.35. The molecule has 0 spiro atoms. The predicted octanol–water partition coefficient (Wildman–Crippen LogP) is 1.81. The number of aliphatic hydroxyl groups excluding tert-OH is 1. The van der Waals surface area contributed by atoms with Crippen LogP contribution in [0.1, 0.15) is 13.3 Å². The van der Waals surface area contributed by atoms with E-state index in [-0.39, 0.29) is 6.10 Å². The maximum Gasteiger partial charge on any atom is 0.0682 e. The van der Waals surface area contributed by atoms with Gasteiger partial charge in [-0.2, -0.15) is 5.10 Å². The Morgan fingerprint density at radius 3 is 3.00 bits per heavy atom. The highest BCUT2D eigenvalue weighted by Crippen LogP contribution is 2.13. The maximum absolute atomic E-state index is 9.18. The summed E-state index contributed by atoms with van der Waals surface area (Å²) in [5, 5.41) is 14.6. The third-order valence-electron chi connectivity index (χ3n) is 2.31. The molecule has 74 valence electrons. The highest BCUT2D eigenvalue weighted by molar-refractivity contribution is 5.78. The number of aliphatic hydroxyl groups is 1. The van der Waals surface area contributed by atoms with Crippen molar-refractivity contribution in [2.24, 2.45) is 0 Å². The monoisotopic (exact) mass is 190 g/mol. The van der Waals surface area contributed by atoms with Crippen molar-refractivity contribution in [1.82, 2.24) is 9.78 Å². The van der Waals surface area contributed by atoms with E-state index < -0.39 is 0 Å². The van der Waals surface area contributed by atoms with Gasteiger partial charge in [0.2, 0.25) is 0 Å². The summed E-state index contributed by atoms with van der Waals surface area (Å²) in [6.45, 7) is 2.57. The van der Waals surface area contributed by atoms with Crippen LogP contribution >= 0.6 is 0 Å². The maximum atomic E-state index is 9.18. The fourth-order valence-corrected chi connectivity index (χ4v) is 1.51. The molecule has 1 unspecified atom stereocenters.